The number of hydrogen-bond acceptors (Lipinski definition) is 3. The Balaban J connectivity index is 2.26. The Kier molecular flexibility index (Phi) is 4.58. The van der Waals surface area contributed by atoms with E-state index in [2.05, 4.69) is 15.9 Å². The van der Waals surface area contributed by atoms with Crippen molar-refractivity contribution in [1.82, 2.24) is 0 Å². The van der Waals surface area contributed by atoms with Gasteiger partial charge < -0.3 is 14.9 Å². The molecular formula is C15H15BrO3. The summed E-state index contributed by atoms with van der Waals surface area (Å²) in [5, 5.41) is 18.8. The second kappa shape index (κ2) is 6.19. The summed E-state index contributed by atoms with van der Waals surface area (Å²) in [6.45, 7) is 1.64. The molecular weight excluding hydrogens is 308 g/mol. The molecule has 2 aromatic rings. The van der Waals surface area contributed by atoms with E-state index in [0.29, 0.717) is 11.5 Å². The molecule has 1 atom stereocenters. The smallest absolute Gasteiger partial charge is 0.132 e. The lowest BCUT2D eigenvalue weighted by Gasteiger charge is -2.12. The lowest BCUT2D eigenvalue weighted by Crippen LogP contribution is -1.94. The first kappa shape index (κ1) is 14.1. The van der Waals surface area contributed by atoms with E-state index in [1.54, 1.807) is 19.1 Å². The fraction of sp³-hybridized carbons (Fsp3) is 0.200. The molecule has 2 N–H and O–H groups in total. The van der Waals surface area contributed by atoms with Gasteiger partial charge in [0.1, 0.15) is 11.5 Å². The largest absolute Gasteiger partial charge is 0.457 e. The number of ether oxygens (including phenoxy) is 1. The first-order chi connectivity index (χ1) is 9.11. The molecule has 0 aromatic heterocycles. The molecule has 0 saturated heterocycles. The highest BCUT2D eigenvalue weighted by Crippen LogP contribution is 2.31. The molecule has 0 bridgehead atoms. The van der Waals surface area contributed by atoms with Crippen LogP contribution in [0.2, 0.25) is 0 Å². The van der Waals surface area contributed by atoms with E-state index in [1.807, 2.05) is 30.3 Å². The number of para-hydroxylation sites is 1. The van der Waals surface area contributed by atoms with Crippen molar-refractivity contribution in [3.8, 4) is 11.5 Å². The molecule has 0 aliphatic carbocycles. The molecule has 19 heavy (non-hydrogen) atoms. The maximum atomic E-state index is 9.56. The van der Waals surface area contributed by atoms with Crippen molar-refractivity contribution in [2.24, 2.45) is 0 Å². The molecule has 0 saturated carbocycles. The van der Waals surface area contributed by atoms with Crippen molar-refractivity contribution in [2.45, 2.75) is 19.6 Å². The van der Waals surface area contributed by atoms with Crippen LogP contribution in [0.1, 0.15) is 24.2 Å². The van der Waals surface area contributed by atoms with E-state index < -0.39 is 6.10 Å². The SMILES string of the molecule is C[C@@H](O)c1ccc(Oc2ccccc2CO)cc1Br. The Morgan fingerprint density at radius 1 is 1.21 bits per heavy atom. The lowest BCUT2D eigenvalue weighted by molar-refractivity contribution is 0.198. The Morgan fingerprint density at radius 2 is 1.95 bits per heavy atom. The molecule has 2 rings (SSSR count). The minimum atomic E-state index is -0.534. The van der Waals surface area contributed by atoms with Crippen LogP contribution >= 0.6 is 15.9 Å². The fourth-order valence-corrected chi connectivity index (χ4v) is 2.46. The van der Waals surface area contributed by atoms with Crippen LogP contribution < -0.4 is 4.74 Å². The predicted octanol–water partition coefficient (Wildman–Crippen LogP) is 3.79. The monoisotopic (exact) mass is 322 g/mol. The molecule has 0 spiro atoms. The average molecular weight is 323 g/mol. The number of hydrogen-bond donors (Lipinski definition) is 2. The summed E-state index contributed by atoms with van der Waals surface area (Å²) in [5.74, 6) is 1.28. The number of halogens is 1. The van der Waals surface area contributed by atoms with Crippen molar-refractivity contribution >= 4 is 15.9 Å². The molecule has 0 aliphatic heterocycles. The first-order valence-corrected chi connectivity index (χ1v) is 6.75. The van der Waals surface area contributed by atoms with Crippen LogP contribution in [-0.2, 0) is 6.61 Å². The molecule has 0 heterocycles. The van der Waals surface area contributed by atoms with Gasteiger partial charge in [-0.1, -0.05) is 40.2 Å². The van der Waals surface area contributed by atoms with Crippen LogP contribution in [0.5, 0.6) is 11.5 Å². The van der Waals surface area contributed by atoms with E-state index in [0.717, 1.165) is 15.6 Å². The van der Waals surface area contributed by atoms with Gasteiger partial charge >= 0.3 is 0 Å². The molecule has 3 nitrogen and oxygen atoms in total. The Hall–Kier alpha value is -1.36. The Labute approximate surface area is 120 Å². The third-order valence-electron chi connectivity index (χ3n) is 2.79. The average Bonchev–Trinajstić information content (AvgIpc) is 2.39. The van der Waals surface area contributed by atoms with E-state index in [1.165, 1.54) is 0 Å². The normalized spacial score (nSPS) is 12.2. The quantitative estimate of drug-likeness (QED) is 0.900. The molecule has 2 aromatic carbocycles. The number of aliphatic hydroxyl groups is 2. The molecule has 0 radical (unpaired) electrons. The standard InChI is InChI=1S/C15H15BrO3/c1-10(18)13-7-6-12(8-14(13)16)19-15-5-3-2-4-11(15)9-17/h2-8,10,17-18H,9H2,1H3/t10-/m1/s1. The van der Waals surface area contributed by atoms with Gasteiger partial charge in [-0.25, -0.2) is 0 Å². The summed E-state index contributed by atoms with van der Waals surface area (Å²) in [4.78, 5) is 0. The van der Waals surface area contributed by atoms with E-state index in [9.17, 15) is 10.2 Å². The minimum absolute atomic E-state index is 0.0664. The van der Waals surface area contributed by atoms with E-state index >= 15 is 0 Å². The topological polar surface area (TPSA) is 49.7 Å². The maximum Gasteiger partial charge on any atom is 0.132 e. The predicted molar refractivity (Wildman–Crippen MR) is 77.2 cm³/mol. The van der Waals surface area contributed by atoms with Gasteiger partial charge in [0.15, 0.2) is 0 Å². The van der Waals surface area contributed by atoms with Gasteiger partial charge in [-0.3, -0.25) is 0 Å². The zero-order chi connectivity index (χ0) is 13.8. The molecule has 0 aliphatic rings. The summed E-state index contributed by atoms with van der Waals surface area (Å²) in [7, 11) is 0. The third kappa shape index (κ3) is 3.35. The molecule has 4 heteroatoms. The molecule has 0 fully saturated rings. The summed E-state index contributed by atoms with van der Waals surface area (Å²) in [6.07, 6.45) is -0.534. The summed E-state index contributed by atoms with van der Waals surface area (Å²) in [5.41, 5.74) is 1.54. The number of aliphatic hydroxyl groups excluding tert-OH is 2. The van der Waals surface area contributed by atoms with E-state index in [4.69, 9.17) is 4.74 Å². The van der Waals surface area contributed by atoms with Crippen LogP contribution in [0.4, 0.5) is 0 Å². The highest BCUT2D eigenvalue weighted by atomic mass is 79.9. The van der Waals surface area contributed by atoms with Crippen molar-refractivity contribution in [3.05, 3.63) is 58.1 Å². The van der Waals surface area contributed by atoms with Crippen LogP contribution in [0.25, 0.3) is 0 Å². The van der Waals surface area contributed by atoms with Crippen molar-refractivity contribution < 1.29 is 14.9 Å². The van der Waals surface area contributed by atoms with Gasteiger partial charge in [-0.2, -0.15) is 0 Å². The highest BCUT2D eigenvalue weighted by Gasteiger charge is 2.09. The Bertz CT molecular complexity index is 567. The molecule has 0 amide bonds. The van der Waals surface area contributed by atoms with Gasteiger partial charge in [-0.15, -0.1) is 0 Å². The van der Waals surface area contributed by atoms with Gasteiger partial charge in [0, 0.05) is 10.0 Å². The van der Waals surface area contributed by atoms with Crippen molar-refractivity contribution in [3.63, 3.8) is 0 Å². The van der Waals surface area contributed by atoms with Gasteiger partial charge in [0.2, 0.25) is 0 Å². The zero-order valence-corrected chi connectivity index (χ0v) is 12.1. The van der Waals surface area contributed by atoms with E-state index in [-0.39, 0.29) is 6.61 Å². The fourth-order valence-electron chi connectivity index (χ4n) is 1.77. The zero-order valence-electron chi connectivity index (χ0n) is 10.5. The van der Waals surface area contributed by atoms with Crippen LogP contribution in [0.3, 0.4) is 0 Å². The van der Waals surface area contributed by atoms with Crippen LogP contribution in [0.15, 0.2) is 46.9 Å². The van der Waals surface area contributed by atoms with Crippen LogP contribution in [-0.4, -0.2) is 10.2 Å². The summed E-state index contributed by atoms with van der Waals surface area (Å²) >= 11 is 3.41. The summed E-state index contributed by atoms with van der Waals surface area (Å²) < 4.78 is 6.54. The molecule has 0 unspecified atom stereocenters. The van der Waals surface area contributed by atoms with Gasteiger partial charge in [0.25, 0.3) is 0 Å². The second-order valence-electron chi connectivity index (χ2n) is 4.23. The number of rotatable bonds is 4. The second-order valence-corrected chi connectivity index (χ2v) is 5.08. The van der Waals surface area contributed by atoms with Crippen molar-refractivity contribution in [1.29, 1.82) is 0 Å². The highest BCUT2D eigenvalue weighted by molar-refractivity contribution is 9.10. The van der Waals surface area contributed by atoms with Gasteiger partial charge in [-0.05, 0) is 30.7 Å². The van der Waals surface area contributed by atoms with Gasteiger partial charge in [0.05, 0.1) is 12.7 Å². The first-order valence-electron chi connectivity index (χ1n) is 5.96. The minimum Gasteiger partial charge on any atom is -0.457 e. The summed E-state index contributed by atoms with van der Waals surface area (Å²) in [6, 6.07) is 12.7. The lowest BCUT2D eigenvalue weighted by atomic mass is 10.1. The third-order valence-corrected chi connectivity index (χ3v) is 3.48. The Morgan fingerprint density at radius 3 is 2.58 bits per heavy atom. The van der Waals surface area contributed by atoms with Crippen molar-refractivity contribution in [2.75, 3.05) is 0 Å². The molecule has 100 valence electrons. The number of benzene rings is 2. The van der Waals surface area contributed by atoms with Crippen LogP contribution in [0, 0.1) is 0 Å². The maximum absolute atomic E-state index is 9.56.